The number of rotatable bonds is 5. The zero-order valence-corrected chi connectivity index (χ0v) is 18.6. The molecule has 3 aromatic rings. The van der Waals surface area contributed by atoms with Gasteiger partial charge in [-0.2, -0.15) is 5.26 Å². The number of carbonyl (C=O) groups excluding carboxylic acids is 1. The van der Waals surface area contributed by atoms with Crippen molar-refractivity contribution in [2.24, 2.45) is 7.05 Å². The lowest BCUT2D eigenvalue weighted by Gasteiger charge is -2.22. The summed E-state index contributed by atoms with van der Waals surface area (Å²) >= 11 is 0. The van der Waals surface area contributed by atoms with Crippen molar-refractivity contribution >= 4 is 23.1 Å². The van der Waals surface area contributed by atoms with E-state index in [2.05, 4.69) is 11.4 Å². The number of nitrogens with one attached hydrogen (secondary N) is 1. The minimum absolute atomic E-state index is 0.0688. The van der Waals surface area contributed by atoms with Crippen LogP contribution in [0.4, 0.5) is 4.79 Å². The quantitative estimate of drug-likeness (QED) is 0.590. The van der Waals surface area contributed by atoms with Crippen LogP contribution in [0.3, 0.4) is 0 Å². The van der Waals surface area contributed by atoms with E-state index >= 15 is 0 Å². The molecule has 1 aromatic heterocycles. The van der Waals surface area contributed by atoms with Crippen molar-refractivity contribution < 1.29 is 23.8 Å². The number of nitriles is 1. The Morgan fingerprint density at radius 3 is 2.68 bits per heavy atom. The Bertz CT molecular complexity index is 1300. The fourth-order valence-electron chi connectivity index (χ4n) is 3.93. The van der Waals surface area contributed by atoms with Crippen LogP contribution < -0.4 is 11.1 Å². The molecule has 2 atom stereocenters. The first-order chi connectivity index (χ1) is 16.4. The molecule has 0 bridgehead atoms. The van der Waals surface area contributed by atoms with Gasteiger partial charge >= 0.3 is 11.8 Å². The number of carboxylic acid groups (broad SMARTS) is 1. The van der Waals surface area contributed by atoms with Gasteiger partial charge in [-0.1, -0.05) is 30.3 Å². The van der Waals surface area contributed by atoms with Gasteiger partial charge in [-0.15, -0.1) is 0 Å². The maximum absolute atomic E-state index is 12.6. The summed E-state index contributed by atoms with van der Waals surface area (Å²) in [5.74, 6) is -0.924. The standard InChI is InChI=1S/C24H24N4O6/c1-27-19-12-17(7-8-20(19)34-24(27)32)16-5-3-15(4-6-16)11-18(13-25)26-22(29)21-14-28(23(30)31)9-2-10-33-21/h3-8,12,18,21H,2,9-11,14H2,1H3,(H,26,29)(H,30,31)/t18?,21-/m0/s1. The Balaban J connectivity index is 1.42. The van der Waals surface area contributed by atoms with Gasteiger partial charge in [0, 0.05) is 26.6 Å². The first-order valence-electron chi connectivity index (χ1n) is 10.8. The molecule has 2 heterocycles. The van der Waals surface area contributed by atoms with E-state index in [4.69, 9.17) is 9.15 Å². The molecule has 0 aliphatic carbocycles. The van der Waals surface area contributed by atoms with E-state index in [-0.39, 0.29) is 19.6 Å². The number of amides is 2. The normalized spacial score (nSPS) is 17.1. The molecule has 4 rings (SSSR count). The molecular weight excluding hydrogens is 440 g/mol. The Morgan fingerprint density at radius 2 is 1.97 bits per heavy atom. The van der Waals surface area contributed by atoms with Gasteiger partial charge in [0.1, 0.15) is 6.04 Å². The highest BCUT2D eigenvalue weighted by Gasteiger charge is 2.28. The molecule has 0 spiro atoms. The number of benzene rings is 2. The fraction of sp³-hybridized carbons (Fsp3) is 0.333. The molecule has 1 aliphatic heterocycles. The summed E-state index contributed by atoms with van der Waals surface area (Å²) in [6.07, 6.45) is -1.26. The third-order valence-electron chi connectivity index (χ3n) is 5.83. The Kier molecular flexibility index (Phi) is 6.65. The zero-order valence-electron chi connectivity index (χ0n) is 18.6. The molecule has 0 saturated carbocycles. The number of aromatic nitrogens is 1. The molecule has 10 heteroatoms. The molecule has 176 valence electrons. The first-order valence-corrected chi connectivity index (χ1v) is 10.8. The second kappa shape index (κ2) is 9.80. The second-order valence-corrected chi connectivity index (χ2v) is 8.14. The summed E-state index contributed by atoms with van der Waals surface area (Å²) < 4.78 is 12.1. The molecule has 1 unspecified atom stereocenters. The van der Waals surface area contributed by atoms with Gasteiger partial charge in [0.15, 0.2) is 11.7 Å². The molecular formula is C24H24N4O6. The van der Waals surface area contributed by atoms with Crippen molar-refractivity contribution in [2.45, 2.75) is 25.0 Å². The lowest BCUT2D eigenvalue weighted by atomic mass is 10.0. The zero-order chi connectivity index (χ0) is 24.2. The molecule has 2 amide bonds. The third kappa shape index (κ3) is 4.94. The van der Waals surface area contributed by atoms with Crippen molar-refractivity contribution in [1.82, 2.24) is 14.8 Å². The summed E-state index contributed by atoms with van der Waals surface area (Å²) in [5, 5.41) is 21.4. The molecule has 34 heavy (non-hydrogen) atoms. The van der Waals surface area contributed by atoms with Crippen LogP contribution >= 0.6 is 0 Å². The second-order valence-electron chi connectivity index (χ2n) is 8.14. The molecule has 2 aromatic carbocycles. The monoisotopic (exact) mass is 464 g/mol. The minimum atomic E-state index is -1.10. The highest BCUT2D eigenvalue weighted by Crippen LogP contribution is 2.24. The Morgan fingerprint density at radius 1 is 1.24 bits per heavy atom. The molecule has 10 nitrogen and oxygen atoms in total. The van der Waals surface area contributed by atoms with Gasteiger partial charge in [0.05, 0.1) is 18.1 Å². The summed E-state index contributed by atoms with van der Waals surface area (Å²) in [5.41, 5.74) is 3.90. The van der Waals surface area contributed by atoms with Crippen LogP contribution in [0.1, 0.15) is 12.0 Å². The van der Waals surface area contributed by atoms with E-state index in [1.807, 2.05) is 36.4 Å². The van der Waals surface area contributed by atoms with Crippen molar-refractivity contribution in [3.63, 3.8) is 0 Å². The van der Waals surface area contributed by atoms with E-state index in [1.54, 1.807) is 13.1 Å². The first kappa shape index (κ1) is 23.1. The average molecular weight is 464 g/mol. The number of oxazole rings is 1. The lowest BCUT2D eigenvalue weighted by molar-refractivity contribution is -0.133. The third-order valence-corrected chi connectivity index (χ3v) is 5.83. The van der Waals surface area contributed by atoms with Crippen LogP contribution in [0.5, 0.6) is 0 Å². The van der Waals surface area contributed by atoms with Crippen molar-refractivity contribution in [1.29, 1.82) is 5.26 Å². The van der Waals surface area contributed by atoms with E-state index in [0.29, 0.717) is 24.1 Å². The van der Waals surface area contributed by atoms with Crippen molar-refractivity contribution in [3.05, 3.63) is 58.6 Å². The van der Waals surface area contributed by atoms with Gasteiger partial charge in [0.2, 0.25) is 0 Å². The summed E-state index contributed by atoms with van der Waals surface area (Å²) in [6, 6.07) is 14.3. The highest BCUT2D eigenvalue weighted by atomic mass is 16.5. The fourth-order valence-corrected chi connectivity index (χ4v) is 3.93. The van der Waals surface area contributed by atoms with Crippen LogP contribution in [-0.4, -0.2) is 58.4 Å². The van der Waals surface area contributed by atoms with Gasteiger partial charge in [-0.25, -0.2) is 9.59 Å². The highest BCUT2D eigenvalue weighted by molar-refractivity contribution is 5.82. The molecule has 1 aliphatic rings. The van der Waals surface area contributed by atoms with Crippen LogP contribution in [0.2, 0.25) is 0 Å². The number of fused-ring (bicyclic) bond motifs is 1. The van der Waals surface area contributed by atoms with Gasteiger partial charge < -0.3 is 24.5 Å². The Labute approximate surface area is 194 Å². The summed E-state index contributed by atoms with van der Waals surface area (Å²) in [6.45, 7) is 0.511. The topological polar surface area (TPSA) is 138 Å². The average Bonchev–Trinajstić information content (AvgIpc) is 2.99. The maximum Gasteiger partial charge on any atom is 0.419 e. The van der Waals surface area contributed by atoms with Gasteiger partial charge in [-0.05, 0) is 35.2 Å². The minimum Gasteiger partial charge on any atom is -0.465 e. The number of carbonyl (C=O) groups is 2. The van der Waals surface area contributed by atoms with E-state index in [0.717, 1.165) is 21.6 Å². The SMILES string of the molecule is Cn1c(=O)oc2ccc(-c3ccc(CC(C#N)NC(=O)[C@@H]4CN(C(=O)O)CCCO4)cc3)cc21. The van der Waals surface area contributed by atoms with E-state index in [1.165, 1.54) is 4.57 Å². The van der Waals surface area contributed by atoms with E-state index < -0.39 is 29.9 Å². The van der Waals surface area contributed by atoms with Crippen molar-refractivity contribution in [3.8, 4) is 17.2 Å². The van der Waals surface area contributed by atoms with Crippen molar-refractivity contribution in [2.75, 3.05) is 19.7 Å². The predicted molar refractivity (Wildman–Crippen MR) is 122 cm³/mol. The van der Waals surface area contributed by atoms with Gasteiger partial charge in [-0.3, -0.25) is 9.36 Å². The number of aryl methyl sites for hydroxylation is 1. The smallest absolute Gasteiger partial charge is 0.419 e. The van der Waals surface area contributed by atoms with E-state index in [9.17, 15) is 24.8 Å². The predicted octanol–water partition coefficient (Wildman–Crippen LogP) is 2.12. The maximum atomic E-state index is 12.6. The van der Waals surface area contributed by atoms with Gasteiger partial charge in [0.25, 0.3) is 5.91 Å². The number of hydrogen-bond donors (Lipinski definition) is 2. The largest absolute Gasteiger partial charge is 0.465 e. The molecule has 2 N–H and O–H groups in total. The Hall–Kier alpha value is -4.10. The summed E-state index contributed by atoms with van der Waals surface area (Å²) in [4.78, 5) is 36.7. The number of ether oxygens (including phenoxy) is 1. The molecule has 0 radical (unpaired) electrons. The summed E-state index contributed by atoms with van der Waals surface area (Å²) in [7, 11) is 1.65. The molecule has 1 saturated heterocycles. The van der Waals surface area contributed by atoms with Crippen LogP contribution in [-0.2, 0) is 23.0 Å². The molecule has 1 fully saturated rings. The lowest BCUT2D eigenvalue weighted by Crippen LogP contribution is -2.47. The van der Waals surface area contributed by atoms with Crippen LogP contribution in [0.15, 0.2) is 51.7 Å². The number of nitrogens with zero attached hydrogens (tertiary/aromatic N) is 3. The van der Waals surface area contributed by atoms with Crippen LogP contribution in [0.25, 0.3) is 22.2 Å². The number of hydrogen-bond acceptors (Lipinski definition) is 6. The van der Waals surface area contributed by atoms with Crippen LogP contribution in [0, 0.1) is 11.3 Å².